The van der Waals surface area contributed by atoms with Crippen molar-refractivity contribution in [2.45, 2.75) is 38.5 Å². The van der Waals surface area contributed by atoms with E-state index in [0.29, 0.717) is 5.78 Å². The minimum absolute atomic E-state index is 0.471. The number of piperidine rings is 1. The molecule has 1 aliphatic heterocycles. The molecule has 2 saturated carbocycles. The first-order valence-electron chi connectivity index (χ1n) is 6.55. The number of rotatable bonds is 2. The Morgan fingerprint density at radius 3 is 2.53 bits per heavy atom. The Bertz CT molecular complexity index is 253. The number of carbonyl (C=O) groups is 1. The molecule has 2 aliphatic carbocycles. The van der Waals surface area contributed by atoms with Gasteiger partial charge in [0, 0.05) is 32.5 Å². The molecule has 3 atom stereocenters. The highest BCUT2D eigenvalue weighted by Crippen LogP contribution is 2.48. The molecular weight excluding hydrogens is 186 g/mol. The molecule has 3 unspecified atom stereocenters. The van der Waals surface area contributed by atoms with Crippen LogP contribution in [0.5, 0.6) is 0 Å². The lowest BCUT2D eigenvalue weighted by atomic mass is 9.88. The summed E-state index contributed by atoms with van der Waals surface area (Å²) in [4.78, 5) is 13.7. The van der Waals surface area contributed by atoms with Crippen molar-refractivity contribution in [2.75, 3.05) is 19.6 Å². The van der Waals surface area contributed by atoms with E-state index in [4.69, 9.17) is 0 Å². The number of likely N-dealkylation sites (tertiary alicyclic amines) is 1. The molecular formula is C13H21NO. The van der Waals surface area contributed by atoms with Crippen LogP contribution in [0.25, 0.3) is 0 Å². The fourth-order valence-corrected chi connectivity index (χ4v) is 3.92. The standard InChI is InChI=1S/C13H21NO/c15-13-3-5-14(6-4-13)9-12-8-10-1-2-11(12)7-10/h10-12H,1-9H2. The molecule has 1 saturated heterocycles. The average molecular weight is 207 g/mol. The molecule has 0 N–H and O–H groups in total. The third kappa shape index (κ3) is 1.96. The van der Waals surface area contributed by atoms with E-state index in [0.717, 1.165) is 43.7 Å². The second-order valence-electron chi connectivity index (χ2n) is 5.77. The Balaban J connectivity index is 1.51. The zero-order chi connectivity index (χ0) is 10.3. The first-order chi connectivity index (χ1) is 7.31. The summed E-state index contributed by atoms with van der Waals surface area (Å²) in [5.41, 5.74) is 0. The van der Waals surface area contributed by atoms with Gasteiger partial charge in [-0.2, -0.15) is 0 Å². The van der Waals surface area contributed by atoms with Crippen molar-refractivity contribution < 1.29 is 4.79 Å². The van der Waals surface area contributed by atoms with Crippen LogP contribution in [-0.2, 0) is 4.79 Å². The van der Waals surface area contributed by atoms with Crippen LogP contribution in [0.2, 0.25) is 0 Å². The van der Waals surface area contributed by atoms with Gasteiger partial charge in [-0.1, -0.05) is 6.42 Å². The summed E-state index contributed by atoms with van der Waals surface area (Å²) in [7, 11) is 0. The van der Waals surface area contributed by atoms with Gasteiger partial charge >= 0.3 is 0 Å². The largest absolute Gasteiger partial charge is 0.302 e. The summed E-state index contributed by atoms with van der Waals surface area (Å²) in [5.74, 6) is 3.54. The molecule has 2 nitrogen and oxygen atoms in total. The highest BCUT2D eigenvalue weighted by Gasteiger charge is 2.40. The van der Waals surface area contributed by atoms with Crippen molar-refractivity contribution in [2.24, 2.45) is 17.8 Å². The summed E-state index contributed by atoms with van der Waals surface area (Å²) in [5, 5.41) is 0. The Labute approximate surface area is 92.0 Å². The van der Waals surface area contributed by atoms with Crippen LogP contribution in [0.15, 0.2) is 0 Å². The van der Waals surface area contributed by atoms with Gasteiger partial charge in [-0.15, -0.1) is 0 Å². The van der Waals surface area contributed by atoms with Gasteiger partial charge in [0.2, 0.25) is 0 Å². The van der Waals surface area contributed by atoms with Crippen molar-refractivity contribution in [1.29, 1.82) is 0 Å². The van der Waals surface area contributed by atoms with Crippen molar-refractivity contribution in [3.05, 3.63) is 0 Å². The lowest BCUT2D eigenvalue weighted by Crippen LogP contribution is -2.38. The van der Waals surface area contributed by atoms with Gasteiger partial charge in [0.25, 0.3) is 0 Å². The van der Waals surface area contributed by atoms with Crippen molar-refractivity contribution in [1.82, 2.24) is 4.90 Å². The van der Waals surface area contributed by atoms with Crippen LogP contribution in [0.4, 0.5) is 0 Å². The molecule has 0 aromatic heterocycles. The van der Waals surface area contributed by atoms with E-state index in [-0.39, 0.29) is 0 Å². The van der Waals surface area contributed by atoms with Gasteiger partial charge < -0.3 is 4.90 Å². The SMILES string of the molecule is O=C1CCN(CC2CC3CCC2C3)CC1. The van der Waals surface area contributed by atoms with Gasteiger partial charge in [-0.3, -0.25) is 4.79 Å². The smallest absolute Gasteiger partial charge is 0.135 e. The van der Waals surface area contributed by atoms with Gasteiger partial charge in [0.15, 0.2) is 0 Å². The van der Waals surface area contributed by atoms with E-state index in [1.54, 1.807) is 0 Å². The quantitative estimate of drug-likeness (QED) is 0.691. The number of fused-ring (bicyclic) bond motifs is 2. The average Bonchev–Trinajstić information content (AvgIpc) is 2.83. The molecule has 0 aromatic carbocycles. The highest BCUT2D eigenvalue weighted by atomic mass is 16.1. The normalized spacial score (nSPS) is 41.3. The Hall–Kier alpha value is -0.370. The number of hydrogen-bond donors (Lipinski definition) is 0. The molecule has 3 rings (SSSR count). The maximum absolute atomic E-state index is 11.1. The third-order valence-electron chi connectivity index (χ3n) is 4.79. The molecule has 3 fully saturated rings. The van der Waals surface area contributed by atoms with E-state index in [1.807, 2.05) is 0 Å². The third-order valence-corrected chi connectivity index (χ3v) is 4.79. The van der Waals surface area contributed by atoms with Crippen molar-refractivity contribution in [3.63, 3.8) is 0 Å². The second kappa shape index (κ2) is 3.89. The summed E-state index contributed by atoms with van der Waals surface area (Å²) in [6.07, 6.45) is 7.59. The number of carbonyl (C=O) groups excluding carboxylic acids is 1. The first-order valence-corrected chi connectivity index (χ1v) is 6.55. The van der Waals surface area contributed by atoms with Gasteiger partial charge in [0.1, 0.15) is 5.78 Å². The fraction of sp³-hybridized carbons (Fsp3) is 0.923. The topological polar surface area (TPSA) is 20.3 Å². The van der Waals surface area contributed by atoms with E-state index < -0.39 is 0 Å². The zero-order valence-electron chi connectivity index (χ0n) is 9.45. The summed E-state index contributed by atoms with van der Waals surface area (Å²) < 4.78 is 0. The number of nitrogens with zero attached hydrogens (tertiary/aromatic N) is 1. The lowest BCUT2D eigenvalue weighted by Gasteiger charge is -2.31. The summed E-state index contributed by atoms with van der Waals surface area (Å²) in [6, 6.07) is 0. The molecule has 2 bridgehead atoms. The van der Waals surface area contributed by atoms with E-state index in [2.05, 4.69) is 4.90 Å². The van der Waals surface area contributed by atoms with E-state index in [1.165, 1.54) is 32.2 Å². The molecule has 2 heteroatoms. The highest BCUT2D eigenvalue weighted by molar-refractivity contribution is 5.79. The maximum Gasteiger partial charge on any atom is 0.135 e. The van der Waals surface area contributed by atoms with Crippen molar-refractivity contribution in [3.8, 4) is 0 Å². The molecule has 15 heavy (non-hydrogen) atoms. The fourth-order valence-electron chi connectivity index (χ4n) is 3.92. The minimum Gasteiger partial charge on any atom is -0.302 e. The van der Waals surface area contributed by atoms with Crippen LogP contribution in [-0.4, -0.2) is 30.3 Å². The molecule has 3 aliphatic rings. The molecule has 0 amide bonds. The Kier molecular flexibility index (Phi) is 2.55. The van der Waals surface area contributed by atoms with Crippen LogP contribution in [0.3, 0.4) is 0 Å². The molecule has 0 spiro atoms. The number of Topliss-reactive ketones (excluding diaryl/α,β-unsaturated/α-hetero) is 1. The first kappa shape index (κ1) is 9.83. The Morgan fingerprint density at radius 2 is 1.93 bits per heavy atom. The van der Waals surface area contributed by atoms with Gasteiger partial charge in [0.05, 0.1) is 0 Å². The number of ketones is 1. The van der Waals surface area contributed by atoms with Crippen LogP contribution in [0, 0.1) is 17.8 Å². The van der Waals surface area contributed by atoms with Gasteiger partial charge in [-0.25, -0.2) is 0 Å². The predicted octanol–water partition coefficient (Wildman–Crippen LogP) is 2.09. The molecule has 84 valence electrons. The van der Waals surface area contributed by atoms with Crippen molar-refractivity contribution >= 4 is 5.78 Å². The maximum atomic E-state index is 11.1. The van der Waals surface area contributed by atoms with Gasteiger partial charge in [-0.05, 0) is 37.0 Å². The van der Waals surface area contributed by atoms with E-state index >= 15 is 0 Å². The molecule has 0 radical (unpaired) electrons. The number of hydrogen-bond acceptors (Lipinski definition) is 2. The second-order valence-corrected chi connectivity index (χ2v) is 5.77. The van der Waals surface area contributed by atoms with Crippen LogP contribution >= 0.6 is 0 Å². The summed E-state index contributed by atoms with van der Waals surface area (Å²) in [6.45, 7) is 3.36. The predicted molar refractivity (Wildman–Crippen MR) is 59.6 cm³/mol. The molecule has 1 heterocycles. The zero-order valence-corrected chi connectivity index (χ0v) is 9.45. The van der Waals surface area contributed by atoms with Crippen LogP contribution in [0.1, 0.15) is 38.5 Å². The lowest BCUT2D eigenvalue weighted by molar-refractivity contribution is -0.121. The van der Waals surface area contributed by atoms with E-state index in [9.17, 15) is 4.79 Å². The molecule has 0 aromatic rings. The van der Waals surface area contributed by atoms with Crippen LogP contribution < -0.4 is 0 Å². The Morgan fingerprint density at radius 1 is 1.13 bits per heavy atom. The summed E-state index contributed by atoms with van der Waals surface area (Å²) >= 11 is 0. The monoisotopic (exact) mass is 207 g/mol. The minimum atomic E-state index is 0.471.